The van der Waals surface area contributed by atoms with Crippen LogP contribution in [0.15, 0.2) is 48.5 Å². The number of benzene rings is 2. The third-order valence-electron chi connectivity index (χ3n) is 5.03. The zero-order valence-corrected chi connectivity index (χ0v) is 15.5. The molecule has 7 heteroatoms. The molecule has 2 aromatic rings. The van der Waals surface area contributed by atoms with E-state index < -0.39 is 18.0 Å². The van der Waals surface area contributed by atoms with Crippen LogP contribution >= 0.6 is 0 Å². The summed E-state index contributed by atoms with van der Waals surface area (Å²) in [6, 6.07) is 14.9. The largest absolute Gasteiger partial charge is 0.478 e. The quantitative estimate of drug-likeness (QED) is 0.757. The molecule has 2 aliphatic heterocycles. The number of anilines is 1. The van der Waals surface area contributed by atoms with E-state index in [1.165, 1.54) is 12.0 Å². The second-order valence-electron chi connectivity index (χ2n) is 6.80. The fourth-order valence-corrected chi connectivity index (χ4v) is 3.55. The monoisotopic (exact) mass is 380 g/mol. The van der Waals surface area contributed by atoms with Gasteiger partial charge in [-0.1, -0.05) is 36.4 Å². The van der Waals surface area contributed by atoms with Crippen molar-refractivity contribution in [3.8, 4) is 5.75 Å². The average Bonchev–Trinajstić information content (AvgIpc) is 3.15. The summed E-state index contributed by atoms with van der Waals surface area (Å²) >= 11 is 0. The van der Waals surface area contributed by atoms with Crippen LogP contribution in [0, 0.1) is 0 Å². The molecule has 2 aliphatic rings. The number of nitrogens with zero attached hydrogens (tertiary/aromatic N) is 2. The molecular formula is C21H20N2O5. The molecule has 0 spiro atoms. The van der Waals surface area contributed by atoms with Crippen LogP contribution in [0.3, 0.4) is 0 Å². The van der Waals surface area contributed by atoms with Crippen molar-refractivity contribution in [1.29, 1.82) is 0 Å². The highest BCUT2D eigenvalue weighted by molar-refractivity contribution is 6.05. The van der Waals surface area contributed by atoms with Crippen LogP contribution in [0.2, 0.25) is 0 Å². The van der Waals surface area contributed by atoms with Crippen molar-refractivity contribution in [3.05, 3.63) is 59.7 Å². The Labute approximate surface area is 162 Å². The fourth-order valence-electron chi connectivity index (χ4n) is 3.55. The highest BCUT2D eigenvalue weighted by Gasteiger charge is 2.38. The molecule has 0 bridgehead atoms. The predicted octanol–water partition coefficient (Wildman–Crippen LogP) is 1.89. The highest BCUT2D eigenvalue weighted by Crippen LogP contribution is 2.35. The van der Waals surface area contributed by atoms with E-state index in [4.69, 9.17) is 4.74 Å². The number of carbonyl (C=O) groups is 3. The van der Waals surface area contributed by atoms with Gasteiger partial charge in [0, 0.05) is 13.1 Å². The summed E-state index contributed by atoms with van der Waals surface area (Å²) in [6.07, 6.45) is -1.21. The van der Waals surface area contributed by atoms with Crippen molar-refractivity contribution in [3.63, 3.8) is 0 Å². The lowest BCUT2D eigenvalue weighted by atomic mass is 10.1. The van der Waals surface area contributed by atoms with Crippen LogP contribution in [0.1, 0.15) is 17.5 Å². The molecule has 0 aliphatic carbocycles. The van der Waals surface area contributed by atoms with E-state index in [0.717, 1.165) is 11.1 Å². The number of amides is 2. The minimum absolute atomic E-state index is 0.106. The number of para-hydroxylation sites is 2. The summed E-state index contributed by atoms with van der Waals surface area (Å²) < 4.78 is 10.3. The Balaban J connectivity index is 1.54. The zero-order valence-electron chi connectivity index (χ0n) is 15.5. The number of fused-ring (bicyclic) bond motifs is 2. The Morgan fingerprint density at radius 3 is 2.39 bits per heavy atom. The summed E-state index contributed by atoms with van der Waals surface area (Å²) in [6.45, 7) is 0.951. The highest BCUT2D eigenvalue weighted by atomic mass is 16.5. The second kappa shape index (κ2) is 7.34. The van der Waals surface area contributed by atoms with Crippen LogP contribution in [-0.4, -0.2) is 42.4 Å². The number of carbonyl (C=O) groups excluding carboxylic acids is 3. The first-order valence-corrected chi connectivity index (χ1v) is 9.05. The third kappa shape index (κ3) is 3.31. The van der Waals surface area contributed by atoms with Gasteiger partial charge in [0.05, 0.1) is 19.2 Å². The fraction of sp³-hybridized carbons (Fsp3) is 0.286. The summed E-state index contributed by atoms with van der Waals surface area (Å²) in [4.78, 5) is 40.6. The molecule has 0 saturated heterocycles. The maximum absolute atomic E-state index is 12.9. The second-order valence-corrected chi connectivity index (χ2v) is 6.80. The summed E-state index contributed by atoms with van der Waals surface area (Å²) in [5.41, 5.74) is 2.76. The van der Waals surface area contributed by atoms with Crippen molar-refractivity contribution < 1.29 is 23.9 Å². The first kappa shape index (κ1) is 18.0. The van der Waals surface area contributed by atoms with E-state index in [1.54, 1.807) is 29.2 Å². The zero-order chi connectivity index (χ0) is 19.7. The Hall–Kier alpha value is -3.35. The van der Waals surface area contributed by atoms with Gasteiger partial charge in [0.2, 0.25) is 5.91 Å². The average molecular weight is 380 g/mol. The first-order valence-electron chi connectivity index (χ1n) is 9.05. The Morgan fingerprint density at radius 2 is 1.71 bits per heavy atom. The molecule has 1 atom stereocenters. The molecule has 2 aromatic carbocycles. The van der Waals surface area contributed by atoms with Gasteiger partial charge in [0.1, 0.15) is 12.3 Å². The SMILES string of the molecule is COC(=O)C[C@@H]1Oc2ccccc2N(CC(=O)N2Cc3ccccc3C2)C1=O. The molecule has 2 amide bonds. The van der Waals surface area contributed by atoms with Crippen LogP contribution in [0.4, 0.5) is 5.69 Å². The van der Waals surface area contributed by atoms with Gasteiger partial charge in [-0.2, -0.15) is 0 Å². The van der Waals surface area contributed by atoms with E-state index in [9.17, 15) is 14.4 Å². The van der Waals surface area contributed by atoms with Crippen LogP contribution in [-0.2, 0) is 32.2 Å². The lowest BCUT2D eigenvalue weighted by Crippen LogP contribution is -2.50. The number of methoxy groups -OCH3 is 1. The molecule has 0 fully saturated rings. The van der Waals surface area contributed by atoms with E-state index in [1.807, 2.05) is 24.3 Å². The molecule has 28 heavy (non-hydrogen) atoms. The van der Waals surface area contributed by atoms with Gasteiger partial charge >= 0.3 is 5.97 Å². The van der Waals surface area contributed by atoms with Gasteiger partial charge in [0.15, 0.2) is 6.10 Å². The lowest BCUT2D eigenvalue weighted by Gasteiger charge is -2.34. The van der Waals surface area contributed by atoms with Crippen molar-refractivity contribution in [2.24, 2.45) is 0 Å². The van der Waals surface area contributed by atoms with Crippen molar-refractivity contribution in [2.45, 2.75) is 25.6 Å². The van der Waals surface area contributed by atoms with Gasteiger partial charge in [-0.3, -0.25) is 19.3 Å². The maximum Gasteiger partial charge on any atom is 0.309 e. The number of hydrogen-bond donors (Lipinski definition) is 0. The van der Waals surface area contributed by atoms with Gasteiger partial charge in [0.25, 0.3) is 5.91 Å². The maximum atomic E-state index is 12.9. The summed E-state index contributed by atoms with van der Waals surface area (Å²) in [7, 11) is 1.26. The van der Waals surface area contributed by atoms with E-state index in [0.29, 0.717) is 24.5 Å². The molecule has 0 N–H and O–H groups in total. The first-order chi connectivity index (χ1) is 13.6. The van der Waals surface area contributed by atoms with Crippen molar-refractivity contribution in [1.82, 2.24) is 4.90 Å². The molecule has 2 heterocycles. The van der Waals surface area contributed by atoms with Gasteiger partial charge in [-0.05, 0) is 23.3 Å². The molecule has 144 valence electrons. The van der Waals surface area contributed by atoms with Gasteiger partial charge in [-0.15, -0.1) is 0 Å². The smallest absolute Gasteiger partial charge is 0.309 e. The van der Waals surface area contributed by atoms with Crippen LogP contribution in [0.25, 0.3) is 0 Å². The van der Waals surface area contributed by atoms with E-state index in [-0.39, 0.29) is 18.9 Å². The van der Waals surface area contributed by atoms with Gasteiger partial charge < -0.3 is 14.4 Å². The summed E-state index contributed by atoms with van der Waals surface area (Å²) in [5.74, 6) is -0.653. The Kier molecular flexibility index (Phi) is 4.73. The molecule has 0 aromatic heterocycles. The van der Waals surface area contributed by atoms with Crippen molar-refractivity contribution in [2.75, 3.05) is 18.6 Å². The Bertz CT molecular complexity index is 917. The van der Waals surface area contributed by atoms with E-state index in [2.05, 4.69) is 4.74 Å². The Morgan fingerprint density at radius 1 is 1.07 bits per heavy atom. The number of hydrogen-bond acceptors (Lipinski definition) is 5. The molecule has 7 nitrogen and oxygen atoms in total. The summed E-state index contributed by atoms with van der Waals surface area (Å²) in [5, 5.41) is 0. The third-order valence-corrected chi connectivity index (χ3v) is 5.03. The van der Waals surface area contributed by atoms with Crippen molar-refractivity contribution >= 4 is 23.5 Å². The molecular weight excluding hydrogens is 360 g/mol. The predicted molar refractivity (Wildman–Crippen MR) is 101 cm³/mol. The minimum Gasteiger partial charge on any atom is -0.478 e. The molecule has 0 saturated carbocycles. The number of ether oxygens (including phenoxy) is 2. The standard InChI is InChI=1S/C21H20N2O5/c1-27-20(25)10-18-21(26)23(16-8-4-5-9-17(16)28-18)13-19(24)22-11-14-6-2-3-7-15(14)12-22/h2-9,18H,10-13H2,1H3/t18-/m0/s1. The van der Waals surface area contributed by atoms with Crippen LogP contribution in [0.5, 0.6) is 5.75 Å². The molecule has 0 unspecified atom stereocenters. The normalized spacial score (nSPS) is 17.6. The number of esters is 1. The van der Waals surface area contributed by atoms with Gasteiger partial charge in [-0.25, -0.2) is 0 Å². The molecule has 4 rings (SSSR count). The number of rotatable bonds is 4. The van der Waals surface area contributed by atoms with Crippen LogP contribution < -0.4 is 9.64 Å². The minimum atomic E-state index is -1.01. The lowest BCUT2D eigenvalue weighted by molar-refractivity contribution is -0.145. The topological polar surface area (TPSA) is 76.2 Å². The molecule has 0 radical (unpaired) electrons. The van der Waals surface area contributed by atoms with E-state index >= 15 is 0 Å².